The molecule has 6 nitrogen and oxygen atoms in total. The Bertz CT molecular complexity index is 1520. The van der Waals surface area contributed by atoms with E-state index in [2.05, 4.69) is 42.2 Å². The lowest BCUT2D eigenvalue weighted by atomic mass is 10.1. The molecule has 0 aliphatic carbocycles. The summed E-state index contributed by atoms with van der Waals surface area (Å²) in [4.78, 5) is 13.4. The number of fused-ring (bicyclic) bond motifs is 3. The van der Waals surface area contributed by atoms with Crippen molar-refractivity contribution in [3.63, 3.8) is 0 Å². The number of hydrogen-bond donors (Lipinski definition) is 0. The van der Waals surface area contributed by atoms with Gasteiger partial charge in [-0.2, -0.15) is 0 Å². The van der Waals surface area contributed by atoms with Crippen molar-refractivity contribution in [2.75, 3.05) is 7.11 Å². The van der Waals surface area contributed by atoms with Gasteiger partial charge in [0.2, 0.25) is 5.78 Å². The summed E-state index contributed by atoms with van der Waals surface area (Å²) < 4.78 is 9.17. The van der Waals surface area contributed by atoms with E-state index in [1.54, 1.807) is 23.4 Å². The summed E-state index contributed by atoms with van der Waals surface area (Å²) in [7, 11) is 1.64. The second-order valence-corrected chi connectivity index (χ2v) is 9.07. The minimum atomic E-state index is -0.0951. The zero-order chi connectivity index (χ0) is 22.9. The van der Waals surface area contributed by atoms with Gasteiger partial charge in [-0.3, -0.25) is 13.8 Å². The number of para-hydroxylation sites is 2. The Morgan fingerprint density at radius 3 is 2.45 bits per heavy atom. The average molecular weight is 457 g/mol. The minimum Gasteiger partial charge on any atom is -0.496 e. The number of hydrogen-bond acceptors (Lipinski definition) is 5. The van der Waals surface area contributed by atoms with Crippen molar-refractivity contribution < 1.29 is 4.74 Å². The Labute approximate surface area is 195 Å². The van der Waals surface area contributed by atoms with Gasteiger partial charge in [-0.15, -0.1) is 10.2 Å². The quantitative estimate of drug-likeness (QED) is 0.336. The van der Waals surface area contributed by atoms with Crippen LogP contribution in [-0.4, -0.2) is 26.3 Å². The highest BCUT2D eigenvalue weighted by Crippen LogP contribution is 2.26. The largest absolute Gasteiger partial charge is 0.496 e. The van der Waals surface area contributed by atoms with Gasteiger partial charge in [-0.05, 0) is 37.6 Å². The van der Waals surface area contributed by atoms with E-state index < -0.39 is 0 Å². The van der Waals surface area contributed by atoms with Crippen LogP contribution in [0.15, 0.2) is 76.7 Å². The predicted molar refractivity (Wildman–Crippen MR) is 132 cm³/mol. The molecule has 0 bridgehead atoms. The minimum absolute atomic E-state index is 0.0951. The molecule has 0 amide bonds. The summed E-state index contributed by atoms with van der Waals surface area (Å²) in [5, 5.41) is 10.3. The van der Waals surface area contributed by atoms with Crippen LogP contribution in [-0.2, 0) is 12.3 Å². The number of methoxy groups -OCH3 is 1. The summed E-state index contributed by atoms with van der Waals surface area (Å²) in [5.74, 6) is 2.02. The molecule has 0 spiro atoms. The van der Waals surface area contributed by atoms with Crippen molar-refractivity contribution in [2.45, 2.75) is 31.3 Å². The number of benzene rings is 3. The lowest BCUT2D eigenvalue weighted by Gasteiger charge is -2.13. The normalized spacial score (nSPS) is 11.4. The molecular formula is C26H24N4O2S. The molecule has 2 aromatic heterocycles. The molecular weight excluding hydrogens is 432 g/mol. The van der Waals surface area contributed by atoms with Crippen LogP contribution in [0.2, 0.25) is 0 Å². The highest BCUT2D eigenvalue weighted by Gasteiger charge is 2.18. The maximum absolute atomic E-state index is 13.4. The summed E-state index contributed by atoms with van der Waals surface area (Å²) in [6.07, 6.45) is 0. The van der Waals surface area contributed by atoms with Crippen LogP contribution in [0.25, 0.3) is 16.7 Å². The first-order valence-electron chi connectivity index (χ1n) is 10.7. The zero-order valence-corrected chi connectivity index (χ0v) is 19.6. The first-order valence-corrected chi connectivity index (χ1v) is 11.7. The number of ether oxygens (including phenoxy) is 1. The van der Waals surface area contributed by atoms with Crippen LogP contribution in [0.5, 0.6) is 5.75 Å². The van der Waals surface area contributed by atoms with Gasteiger partial charge in [-0.1, -0.05) is 71.4 Å². The molecule has 5 aromatic rings. The molecule has 166 valence electrons. The number of nitrogens with zero attached hydrogens (tertiary/aromatic N) is 4. The van der Waals surface area contributed by atoms with Gasteiger partial charge in [0, 0.05) is 11.3 Å². The van der Waals surface area contributed by atoms with Gasteiger partial charge in [-0.25, -0.2) is 0 Å². The maximum atomic E-state index is 13.4. The molecule has 33 heavy (non-hydrogen) atoms. The molecule has 0 saturated heterocycles. The summed E-state index contributed by atoms with van der Waals surface area (Å²) in [6.45, 7) is 4.56. The van der Waals surface area contributed by atoms with E-state index in [0.29, 0.717) is 17.7 Å². The number of aryl methyl sites for hydroxylation is 2. The van der Waals surface area contributed by atoms with E-state index in [4.69, 9.17) is 4.74 Å². The Balaban J connectivity index is 1.63. The second kappa shape index (κ2) is 8.75. The topological polar surface area (TPSA) is 61.4 Å². The first kappa shape index (κ1) is 21.3. The van der Waals surface area contributed by atoms with Gasteiger partial charge >= 0.3 is 0 Å². The molecule has 0 saturated carbocycles. The standard InChI is InChI=1S/C26H24N4O2S/c1-17-12-18(2)14-19(13-17)16-33-26-28-27-25-29(15-20-8-4-7-11-23(20)32-3)24(31)21-9-5-6-10-22(21)30(25)26/h4-14H,15-16H2,1-3H3. The van der Waals surface area contributed by atoms with E-state index in [9.17, 15) is 4.79 Å². The van der Waals surface area contributed by atoms with Gasteiger partial charge in [0.15, 0.2) is 5.16 Å². The van der Waals surface area contributed by atoms with Crippen LogP contribution < -0.4 is 10.3 Å². The smallest absolute Gasteiger partial charge is 0.263 e. The van der Waals surface area contributed by atoms with E-state index in [1.807, 2.05) is 52.9 Å². The Morgan fingerprint density at radius 2 is 1.67 bits per heavy atom. The monoisotopic (exact) mass is 456 g/mol. The second-order valence-electron chi connectivity index (χ2n) is 8.12. The number of thioether (sulfide) groups is 1. The Morgan fingerprint density at radius 1 is 0.939 bits per heavy atom. The van der Waals surface area contributed by atoms with Crippen molar-refractivity contribution in [2.24, 2.45) is 0 Å². The summed E-state index contributed by atoms with van der Waals surface area (Å²) >= 11 is 1.62. The summed E-state index contributed by atoms with van der Waals surface area (Å²) in [5.41, 5.74) is 5.34. The van der Waals surface area contributed by atoms with Crippen LogP contribution in [0.4, 0.5) is 0 Å². The Kier molecular flexibility index (Phi) is 5.64. The number of aromatic nitrogens is 4. The van der Waals surface area contributed by atoms with Crippen LogP contribution in [0, 0.1) is 13.8 Å². The molecule has 0 N–H and O–H groups in total. The molecule has 3 aromatic carbocycles. The van der Waals surface area contributed by atoms with Gasteiger partial charge in [0.05, 0.1) is 24.6 Å². The zero-order valence-electron chi connectivity index (χ0n) is 18.8. The highest BCUT2D eigenvalue weighted by atomic mass is 32.2. The van der Waals surface area contributed by atoms with Crippen LogP contribution in [0.3, 0.4) is 0 Å². The molecule has 0 aliphatic heterocycles. The number of rotatable bonds is 6. The van der Waals surface area contributed by atoms with Crippen molar-refractivity contribution >= 4 is 28.4 Å². The molecule has 0 atom stereocenters. The summed E-state index contributed by atoms with van der Waals surface area (Å²) in [6, 6.07) is 21.9. The SMILES string of the molecule is COc1ccccc1Cn1c(=O)c2ccccc2n2c(SCc3cc(C)cc(C)c3)nnc12. The van der Waals surface area contributed by atoms with E-state index in [1.165, 1.54) is 16.7 Å². The molecule has 0 aliphatic rings. The van der Waals surface area contributed by atoms with Crippen LogP contribution >= 0.6 is 11.8 Å². The lowest BCUT2D eigenvalue weighted by molar-refractivity contribution is 0.408. The fourth-order valence-corrected chi connectivity index (χ4v) is 5.14. The van der Waals surface area contributed by atoms with Crippen molar-refractivity contribution in [3.05, 3.63) is 99.3 Å². The van der Waals surface area contributed by atoms with E-state index >= 15 is 0 Å². The molecule has 0 radical (unpaired) electrons. The molecule has 5 rings (SSSR count). The van der Waals surface area contributed by atoms with Gasteiger partial charge in [0.1, 0.15) is 5.75 Å². The molecule has 7 heteroatoms. The van der Waals surface area contributed by atoms with Crippen molar-refractivity contribution in [1.29, 1.82) is 0 Å². The fourth-order valence-electron chi connectivity index (χ4n) is 4.27. The van der Waals surface area contributed by atoms with Crippen LogP contribution in [0.1, 0.15) is 22.3 Å². The molecule has 0 fully saturated rings. The third-order valence-corrected chi connectivity index (χ3v) is 6.65. The predicted octanol–water partition coefficient (Wildman–Crippen LogP) is 5.01. The lowest BCUT2D eigenvalue weighted by Crippen LogP contribution is -2.24. The molecule has 2 heterocycles. The average Bonchev–Trinajstić information content (AvgIpc) is 3.24. The maximum Gasteiger partial charge on any atom is 0.263 e. The first-order chi connectivity index (χ1) is 16.0. The highest BCUT2D eigenvalue weighted by molar-refractivity contribution is 7.98. The van der Waals surface area contributed by atoms with E-state index in [-0.39, 0.29) is 5.56 Å². The van der Waals surface area contributed by atoms with Crippen molar-refractivity contribution in [1.82, 2.24) is 19.2 Å². The molecule has 0 unspecified atom stereocenters. The Hall–Kier alpha value is -3.58. The van der Waals surface area contributed by atoms with E-state index in [0.717, 1.165) is 27.7 Å². The van der Waals surface area contributed by atoms with Crippen molar-refractivity contribution in [3.8, 4) is 5.75 Å². The van der Waals surface area contributed by atoms with Gasteiger partial charge < -0.3 is 4.74 Å². The fraction of sp³-hybridized carbons (Fsp3) is 0.192. The van der Waals surface area contributed by atoms with Gasteiger partial charge in [0.25, 0.3) is 5.56 Å². The third-order valence-electron chi connectivity index (χ3n) is 5.65. The third kappa shape index (κ3) is 4.00.